The van der Waals surface area contributed by atoms with E-state index in [0.29, 0.717) is 13.0 Å². The summed E-state index contributed by atoms with van der Waals surface area (Å²) in [5.74, 6) is 0.749. The molecule has 2 aromatic heterocycles. The lowest BCUT2D eigenvalue weighted by Gasteiger charge is -2.19. The standard InChI is InChI=1S/C13H19N5O3S/c1-3-18-6-5-14-13(18)12-11(4-7-21-12)16-22(19,20)10-8-15-17(2)9-10/h5-6,8-9,11-12,16H,3-4,7H2,1-2H3/t11-,12-/m0/s1. The molecule has 1 fully saturated rings. The summed E-state index contributed by atoms with van der Waals surface area (Å²) in [6.07, 6.45) is 6.61. The van der Waals surface area contributed by atoms with Crippen LogP contribution in [0.5, 0.6) is 0 Å². The highest BCUT2D eigenvalue weighted by molar-refractivity contribution is 7.89. The molecule has 22 heavy (non-hydrogen) atoms. The summed E-state index contributed by atoms with van der Waals surface area (Å²) in [6.45, 7) is 3.27. The zero-order valence-electron chi connectivity index (χ0n) is 12.5. The molecule has 0 aromatic carbocycles. The van der Waals surface area contributed by atoms with E-state index in [1.54, 1.807) is 13.2 Å². The molecule has 2 atom stereocenters. The fraction of sp³-hybridized carbons (Fsp3) is 0.538. The predicted molar refractivity (Wildman–Crippen MR) is 78.5 cm³/mol. The van der Waals surface area contributed by atoms with Crippen molar-refractivity contribution < 1.29 is 13.2 Å². The summed E-state index contributed by atoms with van der Waals surface area (Å²) in [6, 6.07) is -0.335. The summed E-state index contributed by atoms with van der Waals surface area (Å²) in [5.41, 5.74) is 0. The minimum Gasteiger partial charge on any atom is -0.369 e. The van der Waals surface area contributed by atoms with Crippen LogP contribution in [0.15, 0.2) is 29.7 Å². The third-order valence-electron chi connectivity index (χ3n) is 3.73. The maximum absolute atomic E-state index is 12.4. The number of nitrogens with one attached hydrogen (secondary N) is 1. The van der Waals surface area contributed by atoms with E-state index in [4.69, 9.17) is 4.74 Å². The predicted octanol–water partition coefficient (Wildman–Crippen LogP) is 0.445. The van der Waals surface area contributed by atoms with E-state index >= 15 is 0 Å². The quantitative estimate of drug-likeness (QED) is 0.861. The lowest BCUT2D eigenvalue weighted by Crippen LogP contribution is -2.37. The number of ether oxygens (including phenoxy) is 1. The molecule has 2 aromatic rings. The third kappa shape index (κ3) is 2.79. The van der Waals surface area contributed by atoms with Crippen molar-refractivity contribution in [3.8, 4) is 0 Å². The van der Waals surface area contributed by atoms with Gasteiger partial charge in [-0.1, -0.05) is 0 Å². The lowest BCUT2D eigenvalue weighted by atomic mass is 10.1. The molecule has 0 saturated carbocycles. The van der Waals surface area contributed by atoms with Gasteiger partial charge in [-0.2, -0.15) is 5.10 Å². The molecule has 120 valence electrons. The van der Waals surface area contributed by atoms with Crippen molar-refractivity contribution in [2.45, 2.75) is 36.9 Å². The second kappa shape index (κ2) is 5.82. The average Bonchev–Trinajstić information content (AvgIpc) is 3.17. The van der Waals surface area contributed by atoms with E-state index in [1.807, 2.05) is 17.7 Å². The van der Waals surface area contributed by atoms with Crippen molar-refractivity contribution in [2.75, 3.05) is 6.61 Å². The Kier molecular flexibility index (Phi) is 4.02. The van der Waals surface area contributed by atoms with Gasteiger partial charge in [0.1, 0.15) is 16.8 Å². The lowest BCUT2D eigenvalue weighted by molar-refractivity contribution is 0.0925. The zero-order valence-corrected chi connectivity index (χ0v) is 13.3. The van der Waals surface area contributed by atoms with Crippen molar-refractivity contribution >= 4 is 10.0 Å². The first kappa shape index (κ1) is 15.2. The van der Waals surface area contributed by atoms with Crippen LogP contribution in [0.1, 0.15) is 25.3 Å². The van der Waals surface area contributed by atoms with Crippen molar-refractivity contribution in [1.82, 2.24) is 24.1 Å². The van der Waals surface area contributed by atoms with E-state index in [2.05, 4.69) is 14.8 Å². The number of sulfonamides is 1. The second-order valence-corrected chi connectivity index (χ2v) is 6.94. The number of imidazole rings is 1. The Labute approximate surface area is 129 Å². The molecular formula is C13H19N5O3S. The molecule has 0 bridgehead atoms. The van der Waals surface area contributed by atoms with Crippen LogP contribution in [0.25, 0.3) is 0 Å². The first-order valence-corrected chi connectivity index (χ1v) is 8.63. The fourth-order valence-corrected chi connectivity index (χ4v) is 3.87. The highest BCUT2D eigenvalue weighted by Gasteiger charge is 2.36. The van der Waals surface area contributed by atoms with Crippen LogP contribution in [0, 0.1) is 0 Å². The largest absolute Gasteiger partial charge is 0.369 e. The number of rotatable bonds is 5. The van der Waals surface area contributed by atoms with E-state index in [1.165, 1.54) is 17.1 Å². The smallest absolute Gasteiger partial charge is 0.244 e. The SMILES string of the molecule is CCn1ccnc1[C@H]1OCC[C@@H]1NS(=O)(=O)c1cnn(C)c1. The summed E-state index contributed by atoms with van der Waals surface area (Å²) < 4.78 is 36.7. The molecule has 0 aliphatic carbocycles. The van der Waals surface area contributed by atoms with Crippen molar-refractivity contribution in [2.24, 2.45) is 7.05 Å². The Balaban J connectivity index is 1.82. The molecule has 1 N–H and O–H groups in total. The van der Waals surface area contributed by atoms with Crippen LogP contribution in [0.3, 0.4) is 0 Å². The van der Waals surface area contributed by atoms with Gasteiger partial charge in [-0.15, -0.1) is 0 Å². The summed E-state index contributed by atoms with van der Waals surface area (Å²) >= 11 is 0. The number of aryl methyl sites for hydroxylation is 2. The number of nitrogens with zero attached hydrogens (tertiary/aromatic N) is 4. The Bertz CT molecular complexity index is 751. The number of hydrogen-bond donors (Lipinski definition) is 1. The molecule has 1 aliphatic rings. The van der Waals surface area contributed by atoms with E-state index in [9.17, 15) is 8.42 Å². The molecule has 1 aliphatic heterocycles. The van der Waals surface area contributed by atoms with Crippen LogP contribution < -0.4 is 4.72 Å². The number of hydrogen-bond acceptors (Lipinski definition) is 5. The average molecular weight is 325 g/mol. The van der Waals surface area contributed by atoms with Crippen molar-refractivity contribution in [1.29, 1.82) is 0 Å². The minimum atomic E-state index is -3.62. The molecule has 0 unspecified atom stereocenters. The molecule has 0 amide bonds. The first-order valence-electron chi connectivity index (χ1n) is 7.15. The molecule has 3 rings (SSSR count). The van der Waals surface area contributed by atoms with Gasteiger partial charge in [0.25, 0.3) is 0 Å². The van der Waals surface area contributed by atoms with Gasteiger partial charge >= 0.3 is 0 Å². The third-order valence-corrected chi connectivity index (χ3v) is 5.18. The Morgan fingerprint density at radius 3 is 3.00 bits per heavy atom. The first-order chi connectivity index (χ1) is 10.5. The zero-order chi connectivity index (χ0) is 15.7. The summed E-state index contributed by atoms with van der Waals surface area (Å²) in [5, 5.41) is 3.90. The highest BCUT2D eigenvalue weighted by atomic mass is 32.2. The molecule has 9 heteroatoms. The van der Waals surface area contributed by atoms with Gasteiger partial charge in [-0.05, 0) is 13.3 Å². The second-order valence-electron chi connectivity index (χ2n) is 5.23. The topological polar surface area (TPSA) is 91.0 Å². The van der Waals surface area contributed by atoms with E-state index in [0.717, 1.165) is 12.4 Å². The van der Waals surface area contributed by atoms with Crippen LogP contribution in [-0.2, 0) is 28.4 Å². The number of aromatic nitrogens is 4. The van der Waals surface area contributed by atoms with Gasteiger partial charge < -0.3 is 9.30 Å². The Morgan fingerprint density at radius 1 is 1.50 bits per heavy atom. The van der Waals surface area contributed by atoms with Gasteiger partial charge in [0, 0.05) is 38.8 Å². The maximum atomic E-state index is 12.4. The summed E-state index contributed by atoms with van der Waals surface area (Å²) in [4.78, 5) is 4.47. The van der Waals surface area contributed by atoms with Crippen molar-refractivity contribution in [3.63, 3.8) is 0 Å². The Hall–Kier alpha value is -1.71. The monoisotopic (exact) mass is 325 g/mol. The van der Waals surface area contributed by atoms with Gasteiger partial charge in [0.05, 0.1) is 12.2 Å². The molecule has 1 saturated heterocycles. The van der Waals surface area contributed by atoms with E-state index in [-0.39, 0.29) is 17.0 Å². The highest BCUT2D eigenvalue weighted by Crippen LogP contribution is 2.29. The minimum absolute atomic E-state index is 0.152. The molecule has 3 heterocycles. The molecule has 8 nitrogen and oxygen atoms in total. The van der Waals surface area contributed by atoms with Crippen LogP contribution in [0.4, 0.5) is 0 Å². The molecule has 0 radical (unpaired) electrons. The molecule has 0 spiro atoms. The van der Waals surface area contributed by atoms with Gasteiger partial charge in [0.2, 0.25) is 10.0 Å². The molecular weight excluding hydrogens is 306 g/mol. The van der Waals surface area contributed by atoms with E-state index < -0.39 is 10.0 Å². The fourth-order valence-electron chi connectivity index (χ4n) is 2.61. The van der Waals surface area contributed by atoms with Crippen LogP contribution in [0.2, 0.25) is 0 Å². The van der Waals surface area contributed by atoms with Crippen LogP contribution in [-0.4, -0.2) is 40.4 Å². The normalized spacial score (nSPS) is 22.3. The maximum Gasteiger partial charge on any atom is 0.244 e. The van der Waals surface area contributed by atoms with Crippen LogP contribution >= 0.6 is 0 Å². The summed E-state index contributed by atoms with van der Waals surface area (Å²) in [7, 11) is -1.94. The van der Waals surface area contributed by atoms with Gasteiger partial charge in [0.15, 0.2) is 0 Å². The Morgan fingerprint density at radius 2 is 2.32 bits per heavy atom. The van der Waals surface area contributed by atoms with Gasteiger partial charge in [-0.3, -0.25) is 4.68 Å². The van der Waals surface area contributed by atoms with Crippen molar-refractivity contribution in [3.05, 3.63) is 30.6 Å². The van der Waals surface area contributed by atoms with Gasteiger partial charge in [-0.25, -0.2) is 18.1 Å².